The minimum atomic E-state index is 0.847. The van der Waals surface area contributed by atoms with Gasteiger partial charge in [0.15, 0.2) is 0 Å². The molecule has 0 spiro atoms. The number of benzene rings is 1. The number of aryl methyl sites for hydroxylation is 1. The van der Waals surface area contributed by atoms with Crippen molar-refractivity contribution in [1.82, 2.24) is 0 Å². The zero-order chi connectivity index (χ0) is 11.1. The highest BCUT2D eigenvalue weighted by Crippen LogP contribution is 2.19. The Bertz CT molecular complexity index is 300. The largest absolute Gasteiger partial charge is 0.397 e. The number of hydrogen-bond acceptors (Lipinski definition) is 3. The Morgan fingerprint density at radius 1 is 1.33 bits per heavy atom. The molecular weight excluding hydrogens is 204 g/mol. The molecule has 1 aromatic carbocycles. The van der Waals surface area contributed by atoms with E-state index in [0.29, 0.717) is 0 Å². The first kappa shape index (κ1) is 12.2. The van der Waals surface area contributed by atoms with Crippen LogP contribution in [0.5, 0.6) is 0 Å². The molecule has 0 atom stereocenters. The van der Waals surface area contributed by atoms with Gasteiger partial charge in [0.2, 0.25) is 0 Å². The molecule has 0 amide bonds. The summed E-state index contributed by atoms with van der Waals surface area (Å²) in [5, 5.41) is 3.36. The lowest BCUT2D eigenvalue weighted by atomic mass is 10.2. The van der Waals surface area contributed by atoms with E-state index >= 15 is 0 Å². The van der Waals surface area contributed by atoms with Gasteiger partial charge in [-0.05, 0) is 49.5 Å². The van der Waals surface area contributed by atoms with E-state index in [1.165, 1.54) is 24.2 Å². The Kier molecular flexibility index (Phi) is 5.40. The molecule has 0 bridgehead atoms. The van der Waals surface area contributed by atoms with Crippen LogP contribution in [0.3, 0.4) is 0 Å². The van der Waals surface area contributed by atoms with E-state index in [9.17, 15) is 0 Å². The van der Waals surface area contributed by atoms with Crippen LogP contribution in [-0.4, -0.2) is 18.6 Å². The molecular formula is C12H20N2S. The second-order valence-corrected chi connectivity index (χ2v) is 4.70. The van der Waals surface area contributed by atoms with Crippen LogP contribution in [0.25, 0.3) is 0 Å². The van der Waals surface area contributed by atoms with Crippen LogP contribution in [0, 0.1) is 6.92 Å². The Morgan fingerprint density at radius 2 is 2.13 bits per heavy atom. The van der Waals surface area contributed by atoms with Crippen LogP contribution in [0.15, 0.2) is 18.2 Å². The van der Waals surface area contributed by atoms with Gasteiger partial charge in [-0.2, -0.15) is 11.8 Å². The summed E-state index contributed by atoms with van der Waals surface area (Å²) in [6.45, 7) is 3.06. The molecule has 84 valence electrons. The number of rotatable bonds is 6. The molecule has 3 heteroatoms. The minimum Gasteiger partial charge on any atom is -0.397 e. The summed E-state index contributed by atoms with van der Waals surface area (Å²) in [6.07, 6.45) is 4.61. The number of anilines is 2. The molecule has 0 unspecified atom stereocenters. The summed E-state index contributed by atoms with van der Waals surface area (Å²) in [7, 11) is 0. The molecule has 15 heavy (non-hydrogen) atoms. The van der Waals surface area contributed by atoms with Crippen molar-refractivity contribution in [1.29, 1.82) is 0 Å². The van der Waals surface area contributed by atoms with Crippen LogP contribution >= 0.6 is 11.8 Å². The van der Waals surface area contributed by atoms with Crippen LogP contribution in [0.4, 0.5) is 11.4 Å². The number of unbranched alkanes of at least 4 members (excludes halogenated alkanes) is 1. The molecule has 0 saturated heterocycles. The molecule has 3 N–H and O–H groups in total. The fourth-order valence-corrected chi connectivity index (χ4v) is 1.93. The molecule has 0 aliphatic heterocycles. The van der Waals surface area contributed by atoms with Gasteiger partial charge in [-0.3, -0.25) is 0 Å². The number of hydrogen-bond donors (Lipinski definition) is 2. The maximum absolute atomic E-state index is 5.90. The minimum absolute atomic E-state index is 0.847. The molecule has 0 radical (unpaired) electrons. The smallest absolute Gasteiger partial charge is 0.0574 e. The molecule has 0 aliphatic rings. The maximum atomic E-state index is 5.90. The standard InChI is InChI=1S/C12H20N2S/c1-10-5-6-12(11(13)9-10)14-7-3-4-8-15-2/h5-6,9,14H,3-4,7-8,13H2,1-2H3. The molecule has 2 nitrogen and oxygen atoms in total. The highest BCUT2D eigenvalue weighted by atomic mass is 32.2. The summed E-state index contributed by atoms with van der Waals surface area (Å²) >= 11 is 1.90. The lowest BCUT2D eigenvalue weighted by Crippen LogP contribution is -2.04. The average molecular weight is 224 g/mol. The van der Waals surface area contributed by atoms with Gasteiger partial charge in [0.1, 0.15) is 0 Å². The first-order chi connectivity index (χ1) is 7.24. The summed E-state index contributed by atoms with van der Waals surface area (Å²) in [5.74, 6) is 1.24. The van der Waals surface area contributed by atoms with E-state index < -0.39 is 0 Å². The van der Waals surface area contributed by atoms with Crippen LogP contribution in [0.1, 0.15) is 18.4 Å². The normalized spacial score (nSPS) is 10.3. The first-order valence-electron chi connectivity index (χ1n) is 5.33. The van der Waals surface area contributed by atoms with E-state index in [2.05, 4.69) is 30.6 Å². The zero-order valence-electron chi connectivity index (χ0n) is 9.55. The van der Waals surface area contributed by atoms with E-state index in [0.717, 1.165) is 17.9 Å². The van der Waals surface area contributed by atoms with Crippen molar-refractivity contribution in [3.05, 3.63) is 23.8 Å². The fraction of sp³-hybridized carbons (Fsp3) is 0.500. The zero-order valence-corrected chi connectivity index (χ0v) is 10.4. The Balaban J connectivity index is 2.31. The predicted molar refractivity (Wildman–Crippen MR) is 71.7 cm³/mol. The number of nitrogens with two attached hydrogens (primary N) is 1. The average Bonchev–Trinajstić information content (AvgIpc) is 2.20. The van der Waals surface area contributed by atoms with Gasteiger partial charge >= 0.3 is 0 Å². The van der Waals surface area contributed by atoms with Crippen molar-refractivity contribution in [2.75, 3.05) is 29.6 Å². The van der Waals surface area contributed by atoms with Crippen molar-refractivity contribution in [2.45, 2.75) is 19.8 Å². The fourth-order valence-electron chi connectivity index (χ4n) is 1.44. The molecule has 1 rings (SSSR count). The van der Waals surface area contributed by atoms with E-state index in [1.54, 1.807) is 0 Å². The second-order valence-electron chi connectivity index (χ2n) is 3.72. The molecule has 0 fully saturated rings. The number of nitrogen functional groups attached to an aromatic ring is 1. The van der Waals surface area contributed by atoms with E-state index in [4.69, 9.17) is 5.73 Å². The highest BCUT2D eigenvalue weighted by Gasteiger charge is 1.97. The molecule has 0 heterocycles. The van der Waals surface area contributed by atoms with E-state index in [1.807, 2.05) is 17.8 Å². The van der Waals surface area contributed by atoms with Gasteiger partial charge in [0, 0.05) is 6.54 Å². The van der Waals surface area contributed by atoms with Crippen LogP contribution in [-0.2, 0) is 0 Å². The van der Waals surface area contributed by atoms with Crippen molar-refractivity contribution in [3.63, 3.8) is 0 Å². The maximum Gasteiger partial charge on any atom is 0.0574 e. The second kappa shape index (κ2) is 6.62. The van der Waals surface area contributed by atoms with Crippen molar-refractivity contribution < 1.29 is 0 Å². The Morgan fingerprint density at radius 3 is 2.80 bits per heavy atom. The molecule has 0 aliphatic carbocycles. The third kappa shape index (κ3) is 4.47. The van der Waals surface area contributed by atoms with Crippen molar-refractivity contribution in [3.8, 4) is 0 Å². The first-order valence-corrected chi connectivity index (χ1v) is 6.72. The van der Waals surface area contributed by atoms with Crippen LogP contribution < -0.4 is 11.1 Å². The monoisotopic (exact) mass is 224 g/mol. The van der Waals surface area contributed by atoms with Gasteiger partial charge < -0.3 is 11.1 Å². The van der Waals surface area contributed by atoms with E-state index in [-0.39, 0.29) is 0 Å². The third-order valence-corrected chi connectivity index (χ3v) is 2.99. The van der Waals surface area contributed by atoms with Gasteiger partial charge in [-0.1, -0.05) is 6.07 Å². The summed E-state index contributed by atoms with van der Waals surface area (Å²) in [6, 6.07) is 6.14. The van der Waals surface area contributed by atoms with Gasteiger partial charge in [0.25, 0.3) is 0 Å². The van der Waals surface area contributed by atoms with Gasteiger partial charge in [0.05, 0.1) is 11.4 Å². The van der Waals surface area contributed by atoms with Crippen LogP contribution in [0.2, 0.25) is 0 Å². The molecule has 0 aromatic heterocycles. The lowest BCUT2D eigenvalue weighted by Gasteiger charge is -2.09. The van der Waals surface area contributed by atoms with Crippen molar-refractivity contribution in [2.24, 2.45) is 0 Å². The van der Waals surface area contributed by atoms with Crippen molar-refractivity contribution >= 4 is 23.1 Å². The third-order valence-electron chi connectivity index (χ3n) is 2.30. The molecule has 0 saturated carbocycles. The predicted octanol–water partition coefficient (Wildman–Crippen LogP) is 3.13. The number of nitrogens with one attached hydrogen (secondary N) is 1. The summed E-state index contributed by atoms with van der Waals surface area (Å²) < 4.78 is 0. The Labute approximate surface area is 96.6 Å². The summed E-state index contributed by atoms with van der Waals surface area (Å²) in [4.78, 5) is 0. The van der Waals surface area contributed by atoms with Gasteiger partial charge in [-0.15, -0.1) is 0 Å². The number of thioether (sulfide) groups is 1. The molecule has 1 aromatic rings. The summed E-state index contributed by atoms with van der Waals surface area (Å²) in [5.41, 5.74) is 9.01. The lowest BCUT2D eigenvalue weighted by molar-refractivity contribution is 0.843. The quantitative estimate of drug-likeness (QED) is 0.576. The Hall–Kier alpha value is -0.830. The van der Waals surface area contributed by atoms with Gasteiger partial charge in [-0.25, -0.2) is 0 Å². The topological polar surface area (TPSA) is 38.0 Å². The SMILES string of the molecule is CSCCCCNc1ccc(C)cc1N. The highest BCUT2D eigenvalue weighted by molar-refractivity contribution is 7.98.